The Hall–Kier alpha value is -2.52. The second-order valence-corrected chi connectivity index (χ2v) is 6.35. The standard InChI is InChI=1S/C17H18ClN3O5S/c1-4-26-16(24)11-8-19-17(27-3)21(15(11)23)9-14(22)20-10-5-6-13(25-2)12(18)7-10/h5-8H,4,9H2,1-3H3,(H,20,22). The van der Waals surface area contributed by atoms with Crippen molar-refractivity contribution in [2.24, 2.45) is 0 Å². The first-order valence-corrected chi connectivity index (χ1v) is 9.45. The Kier molecular flexibility index (Phi) is 7.26. The largest absolute Gasteiger partial charge is 0.495 e. The molecule has 0 saturated heterocycles. The third-order valence-electron chi connectivity index (χ3n) is 3.43. The highest BCUT2D eigenvalue weighted by Gasteiger charge is 2.19. The average molecular weight is 412 g/mol. The molecule has 0 fully saturated rings. The van der Waals surface area contributed by atoms with Crippen LogP contribution in [0.5, 0.6) is 5.75 Å². The highest BCUT2D eigenvalue weighted by Crippen LogP contribution is 2.27. The molecule has 10 heteroatoms. The van der Waals surface area contributed by atoms with E-state index in [4.69, 9.17) is 21.1 Å². The van der Waals surface area contributed by atoms with Crippen molar-refractivity contribution < 1.29 is 19.1 Å². The van der Waals surface area contributed by atoms with Crippen LogP contribution in [0.3, 0.4) is 0 Å². The molecule has 0 unspecified atom stereocenters. The van der Waals surface area contributed by atoms with Crippen molar-refractivity contribution in [3.05, 3.63) is 45.3 Å². The van der Waals surface area contributed by atoms with Crippen molar-refractivity contribution in [2.45, 2.75) is 18.6 Å². The first kappa shape index (κ1) is 20.8. The van der Waals surface area contributed by atoms with Crippen molar-refractivity contribution in [3.63, 3.8) is 0 Å². The Morgan fingerprint density at radius 1 is 1.37 bits per heavy atom. The van der Waals surface area contributed by atoms with E-state index in [1.54, 1.807) is 25.3 Å². The zero-order valence-corrected chi connectivity index (χ0v) is 16.5. The molecule has 0 aliphatic carbocycles. The van der Waals surface area contributed by atoms with Crippen LogP contribution in [0.1, 0.15) is 17.3 Å². The number of carbonyl (C=O) groups is 2. The van der Waals surface area contributed by atoms with Crippen LogP contribution in [0, 0.1) is 0 Å². The van der Waals surface area contributed by atoms with Gasteiger partial charge in [-0.2, -0.15) is 0 Å². The van der Waals surface area contributed by atoms with E-state index < -0.39 is 17.4 Å². The van der Waals surface area contributed by atoms with Crippen molar-refractivity contribution in [3.8, 4) is 5.75 Å². The van der Waals surface area contributed by atoms with Gasteiger partial charge in [-0.3, -0.25) is 14.2 Å². The summed E-state index contributed by atoms with van der Waals surface area (Å²) in [5.41, 5.74) is -0.426. The summed E-state index contributed by atoms with van der Waals surface area (Å²) in [6.07, 6.45) is 2.87. The molecule has 0 aliphatic rings. The molecule has 8 nitrogen and oxygen atoms in total. The molecule has 1 N–H and O–H groups in total. The maximum Gasteiger partial charge on any atom is 0.345 e. The maximum absolute atomic E-state index is 12.6. The number of benzene rings is 1. The van der Waals surface area contributed by atoms with Crippen LogP contribution in [0.2, 0.25) is 5.02 Å². The molecule has 0 saturated carbocycles. The topological polar surface area (TPSA) is 99.5 Å². The van der Waals surface area contributed by atoms with E-state index in [-0.39, 0.29) is 18.7 Å². The molecule has 1 heterocycles. The summed E-state index contributed by atoms with van der Waals surface area (Å²) in [5.74, 6) is -0.780. The number of hydrogen-bond acceptors (Lipinski definition) is 7. The summed E-state index contributed by atoms with van der Waals surface area (Å²) in [6, 6.07) is 4.76. The van der Waals surface area contributed by atoms with Gasteiger partial charge in [0.15, 0.2) is 5.16 Å². The first-order valence-electron chi connectivity index (χ1n) is 7.85. The fourth-order valence-corrected chi connectivity index (χ4v) is 3.00. The molecule has 0 radical (unpaired) electrons. The van der Waals surface area contributed by atoms with E-state index in [1.165, 1.54) is 24.9 Å². The number of amides is 1. The molecular weight excluding hydrogens is 394 g/mol. The number of anilines is 1. The number of esters is 1. The van der Waals surface area contributed by atoms with E-state index in [9.17, 15) is 14.4 Å². The fraction of sp³-hybridized carbons (Fsp3) is 0.294. The van der Waals surface area contributed by atoms with E-state index in [1.807, 2.05) is 0 Å². The first-order chi connectivity index (χ1) is 12.9. The minimum atomic E-state index is -0.779. The number of halogens is 1. The molecule has 2 aromatic rings. The van der Waals surface area contributed by atoms with Crippen LogP contribution in [0.25, 0.3) is 0 Å². The Morgan fingerprint density at radius 3 is 2.70 bits per heavy atom. The molecule has 1 aromatic carbocycles. The molecule has 0 aliphatic heterocycles. The normalized spacial score (nSPS) is 10.4. The number of nitrogens with zero attached hydrogens (tertiary/aromatic N) is 2. The zero-order chi connectivity index (χ0) is 20.0. The molecule has 0 atom stereocenters. The van der Waals surface area contributed by atoms with Crippen LogP contribution in [-0.2, 0) is 16.1 Å². The zero-order valence-electron chi connectivity index (χ0n) is 14.9. The lowest BCUT2D eigenvalue weighted by atomic mass is 10.3. The lowest BCUT2D eigenvalue weighted by molar-refractivity contribution is -0.116. The third-order valence-corrected chi connectivity index (χ3v) is 4.41. The smallest absolute Gasteiger partial charge is 0.345 e. The molecule has 27 heavy (non-hydrogen) atoms. The molecule has 1 aromatic heterocycles. The summed E-state index contributed by atoms with van der Waals surface area (Å²) < 4.78 is 11.0. The van der Waals surface area contributed by atoms with E-state index in [0.29, 0.717) is 21.6 Å². The second kappa shape index (κ2) is 9.43. The lowest BCUT2D eigenvalue weighted by Crippen LogP contribution is -2.33. The average Bonchev–Trinajstić information content (AvgIpc) is 2.63. The van der Waals surface area contributed by atoms with Gasteiger partial charge in [-0.25, -0.2) is 9.78 Å². The van der Waals surface area contributed by atoms with E-state index in [0.717, 1.165) is 10.8 Å². The quantitative estimate of drug-likeness (QED) is 0.424. The number of thioether (sulfide) groups is 1. The van der Waals surface area contributed by atoms with Gasteiger partial charge in [0.1, 0.15) is 17.9 Å². The van der Waals surface area contributed by atoms with Crippen molar-refractivity contribution in [1.29, 1.82) is 0 Å². The van der Waals surface area contributed by atoms with Gasteiger partial charge in [0, 0.05) is 5.69 Å². The Morgan fingerprint density at radius 2 is 2.11 bits per heavy atom. The highest BCUT2D eigenvalue weighted by atomic mass is 35.5. The number of methoxy groups -OCH3 is 1. The van der Waals surface area contributed by atoms with Crippen LogP contribution in [0.4, 0.5) is 5.69 Å². The molecular formula is C17H18ClN3O5S. The monoisotopic (exact) mass is 411 g/mol. The third kappa shape index (κ3) is 5.01. The Bertz CT molecular complexity index is 916. The van der Waals surface area contributed by atoms with Gasteiger partial charge in [0.05, 0.1) is 24.9 Å². The summed E-state index contributed by atoms with van der Waals surface area (Å²) in [7, 11) is 1.49. The minimum Gasteiger partial charge on any atom is -0.495 e. The van der Waals surface area contributed by atoms with Gasteiger partial charge in [-0.15, -0.1) is 0 Å². The minimum absolute atomic E-state index is 0.126. The van der Waals surface area contributed by atoms with Crippen LogP contribution in [-0.4, -0.2) is 41.4 Å². The number of rotatable bonds is 7. The molecule has 0 bridgehead atoms. The maximum atomic E-state index is 12.6. The number of nitrogens with one attached hydrogen (secondary N) is 1. The predicted molar refractivity (Wildman–Crippen MR) is 103 cm³/mol. The summed E-state index contributed by atoms with van der Waals surface area (Å²) >= 11 is 7.22. The fourth-order valence-electron chi connectivity index (χ4n) is 2.22. The second-order valence-electron chi connectivity index (χ2n) is 5.17. The number of carbonyl (C=O) groups excluding carboxylic acids is 2. The lowest BCUT2D eigenvalue weighted by Gasteiger charge is -2.12. The Balaban J connectivity index is 2.26. The van der Waals surface area contributed by atoms with Gasteiger partial charge in [-0.1, -0.05) is 23.4 Å². The van der Waals surface area contributed by atoms with Crippen LogP contribution < -0.4 is 15.6 Å². The number of aromatic nitrogens is 2. The number of ether oxygens (including phenoxy) is 2. The van der Waals surface area contributed by atoms with Crippen molar-refractivity contribution in [2.75, 3.05) is 25.3 Å². The van der Waals surface area contributed by atoms with Gasteiger partial charge < -0.3 is 14.8 Å². The van der Waals surface area contributed by atoms with Gasteiger partial charge in [0.2, 0.25) is 5.91 Å². The van der Waals surface area contributed by atoms with Gasteiger partial charge >= 0.3 is 5.97 Å². The van der Waals surface area contributed by atoms with E-state index >= 15 is 0 Å². The van der Waals surface area contributed by atoms with Crippen molar-refractivity contribution >= 4 is 40.9 Å². The summed E-state index contributed by atoms with van der Waals surface area (Å²) in [5, 5.41) is 3.28. The molecule has 2 rings (SSSR count). The van der Waals surface area contributed by atoms with Crippen LogP contribution in [0.15, 0.2) is 34.3 Å². The molecule has 1 amide bonds. The molecule has 144 valence electrons. The molecule has 0 spiro atoms. The van der Waals surface area contributed by atoms with E-state index in [2.05, 4.69) is 10.3 Å². The van der Waals surface area contributed by atoms with Crippen molar-refractivity contribution in [1.82, 2.24) is 9.55 Å². The summed E-state index contributed by atoms with van der Waals surface area (Å²) in [4.78, 5) is 40.9. The summed E-state index contributed by atoms with van der Waals surface area (Å²) in [6.45, 7) is 1.44. The number of hydrogen-bond donors (Lipinski definition) is 1. The highest BCUT2D eigenvalue weighted by molar-refractivity contribution is 7.98. The Labute approximate surface area is 164 Å². The predicted octanol–water partition coefficient (Wildman–Crippen LogP) is 2.44. The SMILES string of the molecule is CCOC(=O)c1cnc(SC)n(CC(=O)Nc2ccc(OC)c(Cl)c2)c1=O. The van der Waals surface area contributed by atoms with Gasteiger partial charge in [0.25, 0.3) is 5.56 Å². The van der Waals surface area contributed by atoms with Crippen LogP contribution >= 0.6 is 23.4 Å². The van der Waals surface area contributed by atoms with Gasteiger partial charge in [-0.05, 0) is 31.4 Å².